The fourth-order valence-electron chi connectivity index (χ4n) is 3.64. The normalized spacial score (nSPS) is 36.5. The summed E-state index contributed by atoms with van der Waals surface area (Å²) in [7, 11) is 0. The van der Waals surface area contributed by atoms with Crippen molar-refractivity contribution < 1.29 is 24.6 Å². The lowest BCUT2D eigenvalue weighted by molar-refractivity contribution is -0.143. The van der Waals surface area contributed by atoms with Crippen molar-refractivity contribution >= 4 is 17.6 Å². The molecule has 0 aromatic heterocycles. The third-order valence-electron chi connectivity index (χ3n) is 4.52. The summed E-state index contributed by atoms with van der Waals surface area (Å²) in [5.41, 5.74) is -0.960. The molecule has 0 unspecified atom stereocenters. The second-order valence-corrected chi connectivity index (χ2v) is 6.86. The van der Waals surface area contributed by atoms with E-state index in [0.29, 0.717) is 6.42 Å². The van der Waals surface area contributed by atoms with Gasteiger partial charge >= 0.3 is 0 Å². The quantitative estimate of drug-likeness (QED) is 0.644. The molecule has 0 aromatic carbocycles. The molecule has 2 amide bonds. The number of imide groups is 1. The Morgan fingerprint density at radius 1 is 1.24 bits per heavy atom. The Balaban J connectivity index is 2.01. The first-order valence-corrected chi connectivity index (χ1v) is 7.45. The number of ketones is 1. The van der Waals surface area contributed by atoms with E-state index >= 15 is 0 Å². The first-order chi connectivity index (χ1) is 9.68. The summed E-state index contributed by atoms with van der Waals surface area (Å²) in [4.78, 5) is 34.9. The molecule has 1 saturated carbocycles. The molecule has 0 aromatic rings. The van der Waals surface area contributed by atoms with Crippen molar-refractivity contribution in [3.63, 3.8) is 0 Å². The van der Waals surface area contributed by atoms with Crippen LogP contribution in [-0.2, 0) is 14.4 Å². The van der Waals surface area contributed by atoms with Gasteiger partial charge in [-0.15, -0.1) is 0 Å². The van der Waals surface area contributed by atoms with Gasteiger partial charge in [0, 0.05) is 24.7 Å². The first kappa shape index (κ1) is 16.1. The van der Waals surface area contributed by atoms with Crippen LogP contribution < -0.4 is 5.32 Å². The number of nitrogens with one attached hydrogen (secondary N) is 1. The SMILES string of the molecule is C[C@H]1C[C@](C)(O)C[C@@H]([C@H](O)CC2CC(=O)NC(=O)C2)C1=O. The van der Waals surface area contributed by atoms with Gasteiger partial charge < -0.3 is 10.2 Å². The molecule has 0 spiro atoms. The average Bonchev–Trinajstić information content (AvgIpc) is 2.31. The molecule has 0 radical (unpaired) electrons. The highest BCUT2D eigenvalue weighted by Gasteiger charge is 2.43. The second-order valence-electron chi connectivity index (χ2n) is 6.86. The highest BCUT2D eigenvalue weighted by atomic mass is 16.3. The van der Waals surface area contributed by atoms with Crippen molar-refractivity contribution in [1.29, 1.82) is 0 Å². The zero-order valence-corrected chi connectivity index (χ0v) is 12.5. The largest absolute Gasteiger partial charge is 0.392 e. The number of aliphatic hydroxyl groups is 2. The van der Waals surface area contributed by atoms with Crippen LogP contribution in [0.1, 0.15) is 46.0 Å². The van der Waals surface area contributed by atoms with E-state index in [-0.39, 0.29) is 55.1 Å². The summed E-state index contributed by atoms with van der Waals surface area (Å²) in [6.45, 7) is 3.43. The molecule has 1 aliphatic heterocycles. The summed E-state index contributed by atoms with van der Waals surface area (Å²) < 4.78 is 0. The second kappa shape index (κ2) is 5.85. The highest BCUT2D eigenvalue weighted by molar-refractivity contribution is 5.97. The van der Waals surface area contributed by atoms with Crippen molar-refractivity contribution in [1.82, 2.24) is 5.32 Å². The fourth-order valence-corrected chi connectivity index (χ4v) is 3.64. The number of amides is 2. The van der Waals surface area contributed by atoms with Gasteiger partial charge in [0.05, 0.1) is 11.7 Å². The number of aliphatic hydroxyl groups excluding tert-OH is 1. The van der Waals surface area contributed by atoms with Crippen LogP contribution in [0.15, 0.2) is 0 Å². The zero-order valence-electron chi connectivity index (χ0n) is 12.5. The van der Waals surface area contributed by atoms with Crippen molar-refractivity contribution in [3.05, 3.63) is 0 Å². The van der Waals surface area contributed by atoms with Crippen LogP contribution in [-0.4, -0.2) is 39.5 Å². The summed E-state index contributed by atoms with van der Waals surface area (Å²) in [5.74, 6) is -1.86. The van der Waals surface area contributed by atoms with E-state index in [1.807, 2.05) is 0 Å². The van der Waals surface area contributed by atoms with Crippen LogP contribution in [0.5, 0.6) is 0 Å². The lowest BCUT2D eigenvalue weighted by atomic mass is 9.69. The van der Waals surface area contributed by atoms with Gasteiger partial charge in [0.25, 0.3) is 0 Å². The number of carbonyl (C=O) groups is 3. The predicted molar refractivity (Wildman–Crippen MR) is 74.0 cm³/mol. The maximum atomic E-state index is 12.2. The predicted octanol–water partition coefficient (Wildman–Crippen LogP) is 0.156. The van der Waals surface area contributed by atoms with Gasteiger partial charge in [-0.2, -0.15) is 0 Å². The monoisotopic (exact) mass is 297 g/mol. The molecule has 118 valence electrons. The Bertz CT molecular complexity index is 443. The Morgan fingerprint density at radius 3 is 2.38 bits per heavy atom. The molecule has 4 atom stereocenters. The van der Waals surface area contributed by atoms with Gasteiger partial charge in [-0.25, -0.2) is 0 Å². The zero-order chi connectivity index (χ0) is 15.8. The molecule has 1 saturated heterocycles. The summed E-state index contributed by atoms with van der Waals surface area (Å²) in [6.07, 6.45) is 0.322. The Labute approximate surface area is 123 Å². The van der Waals surface area contributed by atoms with Crippen LogP contribution in [0, 0.1) is 17.8 Å². The Kier molecular flexibility index (Phi) is 4.49. The smallest absolute Gasteiger partial charge is 0.226 e. The number of hydrogen-bond acceptors (Lipinski definition) is 5. The minimum Gasteiger partial charge on any atom is -0.392 e. The van der Waals surface area contributed by atoms with E-state index in [0.717, 1.165) is 0 Å². The van der Waals surface area contributed by atoms with E-state index in [1.165, 1.54) is 0 Å². The maximum absolute atomic E-state index is 12.2. The lowest BCUT2D eigenvalue weighted by Crippen LogP contribution is -2.47. The number of hydrogen-bond donors (Lipinski definition) is 3. The van der Waals surface area contributed by atoms with Crippen LogP contribution in [0.25, 0.3) is 0 Å². The van der Waals surface area contributed by atoms with Crippen LogP contribution in [0.2, 0.25) is 0 Å². The van der Waals surface area contributed by atoms with Gasteiger partial charge in [-0.05, 0) is 32.1 Å². The van der Waals surface area contributed by atoms with Crippen LogP contribution in [0.3, 0.4) is 0 Å². The van der Waals surface area contributed by atoms with Crippen LogP contribution >= 0.6 is 0 Å². The molecule has 2 rings (SSSR count). The van der Waals surface area contributed by atoms with Gasteiger partial charge in [0.15, 0.2) is 0 Å². The maximum Gasteiger partial charge on any atom is 0.226 e. The topological polar surface area (TPSA) is 104 Å². The molecule has 21 heavy (non-hydrogen) atoms. The van der Waals surface area contributed by atoms with E-state index in [9.17, 15) is 24.6 Å². The molecular weight excluding hydrogens is 274 g/mol. The molecule has 6 heteroatoms. The number of piperidine rings is 1. The summed E-state index contributed by atoms with van der Waals surface area (Å²) in [6, 6.07) is 0. The first-order valence-electron chi connectivity index (χ1n) is 7.45. The third kappa shape index (κ3) is 3.89. The van der Waals surface area contributed by atoms with Crippen molar-refractivity contribution in [2.45, 2.75) is 57.7 Å². The van der Waals surface area contributed by atoms with Crippen molar-refractivity contribution in [2.75, 3.05) is 0 Å². The Hall–Kier alpha value is -1.27. The number of carbonyl (C=O) groups excluding carboxylic acids is 3. The average molecular weight is 297 g/mol. The van der Waals surface area contributed by atoms with E-state index < -0.39 is 17.6 Å². The van der Waals surface area contributed by atoms with E-state index in [1.54, 1.807) is 13.8 Å². The molecule has 6 nitrogen and oxygen atoms in total. The number of rotatable bonds is 3. The molecule has 1 aliphatic carbocycles. The van der Waals surface area contributed by atoms with E-state index in [2.05, 4.69) is 5.32 Å². The van der Waals surface area contributed by atoms with Gasteiger partial charge in [0.2, 0.25) is 11.8 Å². The molecule has 2 fully saturated rings. The molecule has 3 N–H and O–H groups in total. The van der Waals surface area contributed by atoms with Gasteiger partial charge in [-0.3, -0.25) is 19.7 Å². The van der Waals surface area contributed by atoms with Gasteiger partial charge in [-0.1, -0.05) is 6.92 Å². The van der Waals surface area contributed by atoms with Crippen molar-refractivity contribution in [3.8, 4) is 0 Å². The molecule has 0 bridgehead atoms. The standard InChI is InChI=1S/C15H23NO5/c1-8-6-15(2,21)7-10(14(8)20)11(17)3-9-4-12(18)16-13(19)5-9/h8-11,17,21H,3-7H2,1-2H3,(H,16,18,19)/t8-,10-,11+,15-/m0/s1. The van der Waals surface area contributed by atoms with E-state index in [4.69, 9.17) is 0 Å². The van der Waals surface area contributed by atoms with Crippen molar-refractivity contribution in [2.24, 2.45) is 17.8 Å². The lowest BCUT2D eigenvalue weighted by Gasteiger charge is -2.39. The fraction of sp³-hybridized carbons (Fsp3) is 0.800. The number of Topliss-reactive ketones (excluding diaryl/α,β-unsaturated/α-hetero) is 1. The third-order valence-corrected chi connectivity index (χ3v) is 4.52. The van der Waals surface area contributed by atoms with Gasteiger partial charge in [0.1, 0.15) is 5.78 Å². The molecule has 2 aliphatic rings. The van der Waals surface area contributed by atoms with Crippen LogP contribution in [0.4, 0.5) is 0 Å². The Morgan fingerprint density at radius 2 is 1.81 bits per heavy atom. The molecule has 1 heterocycles. The molecular formula is C15H23NO5. The highest BCUT2D eigenvalue weighted by Crippen LogP contribution is 2.37. The minimum atomic E-state index is -0.960. The summed E-state index contributed by atoms with van der Waals surface area (Å²) >= 11 is 0. The minimum absolute atomic E-state index is 0.0411. The summed E-state index contributed by atoms with van der Waals surface area (Å²) in [5, 5.41) is 22.8.